The fourth-order valence-electron chi connectivity index (χ4n) is 5.95. The summed E-state index contributed by atoms with van der Waals surface area (Å²) in [5.41, 5.74) is 0.106. The Morgan fingerprint density at radius 2 is 1.85 bits per heavy atom. The van der Waals surface area contributed by atoms with E-state index in [1.165, 1.54) is 29.8 Å². The lowest BCUT2D eigenvalue weighted by Crippen LogP contribution is -2.36. The fraction of sp³-hybridized carbons (Fsp3) is 0.559. The molecule has 3 aromatic rings. The van der Waals surface area contributed by atoms with Crippen molar-refractivity contribution in [3.05, 3.63) is 51.7 Å². The van der Waals surface area contributed by atoms with Crippen molar-refractivity contribution in [2.75, 3.05) is 31.1 Å². The summed E-state index contributed by atoms with van der Waals surface area (Å²) in [5.74, 6) is -1.07. The maximum Gasteiger partial charge on any atom is 0.419 e. The monoisotopic (exact) mass is 675 g/mol. The number of anilines is 1. The molecule has 1 atom stereocenters. The Morgan fingerprint density at radius 3 is 2.49 bits per heavy atom. The molecule has 2 aliphatic rings. The Kier molecular flexibility index (Phi) is 12.4. The first-order valence-electron chi connectivity index (χ1n) is 15.9. The molecule has 0 bridgehead atoms. The lowest BCUT2D eigenvalue weighted by Gasteiger charge is -2.33. The summed E-state index contributed by atoms with van der Waals surface area (Å²) in [6.07, 6.45) is 4.00. The number of carbonyl (C=O) groups is 2. The zero-order valence-corrected chi connectivity index (χ0v) is 27.0. The van der Waals surface area contributed by atoms with Crippen LogP contribution in [0.1, 0.15) is 92.2 Å². The molecule has 5 rings (SSSR count). The van der Waals surface area contributed by atoms with Gasteiger partial charge in [-0.05, 0) is 63.8 Å². The smallest absolute Gasteiger partial charge is 0.419 e. The molecule has 0 unspecified atom stereocenters. The topological polar surface area (TPSA) is 109 Å². The highest BCUT2D eigenvalue weighted by Crippen LogP contribution is 2.40. The Labute approximate surface area is 278 Å². The summed E-state index contributed by atoms with van der Waals surface area (Å²) in [4.78, 5) is 43.1. The third-order valence-electron chi connectivity index (χ3n) is 8.75. The van der Waals surface area contributed by atoms with Crippen LogP contribution in [0, 0.1) is 5.92 Å². The number of thiazole rings is 1. The van der Waals surface area contributed by atoms with Gasteiger partial charge in [0.15, 0.2) is 5.78 Å². The predicted octanol–water partition coefficient (Wildman–Crippen LogP) is 7.53. The highest BCUT2D eigenvalue weighted by molar-refractivity contribution is 7.12. The van der Waals surface area contributed by atoms with Gasteiger partial charge < -0.3 is 14.7 Å². The van der Waals surface area contributed by atoms with Gasteiger partial charge in [0.2, 0.25) is 0 Å². The zero-order chi connectivity index (χ0) is 32.8. The normalized spacial score (nSPS) is 17.7. The second-order valence-corrected chi connectivity index (χ2v) is 13.2. The van der Waals surface area contributed by atoms with Gasteiger partial charge in [-0.15, -0.1) is 11.3 Å². The molecule has 4 heterocycles. The summed E-state index contributed by atoms with van der Waals surface area (Å²) in [7, 11) is 0. The molecule has 1 aromatic carbocycles. The van der Waals surface area contributed by atoms with E-state index in [-0.39, 0.29) is 43.6 Å². The maximum atomic E-state index is 14.1. The highest BCUT2D eigenvalue weighted by Gasteiger charge is 2.35. The van der Waals surface area contributed by atoms with E-state index < -0.39 is 17.7 Å². The van der Waals surface area contributed by atoms with Crippen molar-refractivity contribution in [1.82, 2.24) is 19.9 Å². The summed E-state index contributed by atoms with van der Waals surface area (Å²) < 4.78 is 47.9. The number of Topliss-reactive ketones (excluding diaryl/α,β-unsaturated/α-hetero) is 1. The van der Waals surface area contributed by atoms with Crippen LogP contribution in [0.3, 0.4) is 0 Å². The first-order valence-corrected chi connectivity index (χ1v) is 16.7. The molecule has 2 fully saturated rings. The molecular weight excluding hydrogens is 631 g/mol. The number of likely N-dealkylation sites (tertiary alicyclic amines) is 1. The van der Waals surface area contributed by atoms with Crippen LogP contribution in [0.5, 0.6) is 5.75 Å². The van der Waals surface area contributed by atoms with Crippen molar-refractivity contribution in [2.24, 2.45) is 5.92 Å². The van der Waals surface area contributed by atoms with E-state index in [9.17, 15) is 27.9 Å². The quantitative estimate of drug-likeness (QED) is 0.154. The van der Waals surface area contributed by atoms with Gasteiger partial charge in [0.05, 0.1) is 42.6 Å². The second-order valence-electron chi connectivity index (χ2n) is 12.1. The van der Waals surface area contributed by atoms with Crippen LogP contribution < -0.4 is 9.64 Å². The molecule has 1 N–H and O–H groups in total. The standard InChI is InChI=1S/C33H40F3N5O4S.CH4/c1-3-4-15-45-27-9-8-23(16-24(27)33(34,35)36)31-28(20-41-12-6-5-7-21(41)2)46-30(39-31)17-26(42)25-18-38-29(19-37-25)40-13-10-22(11-14-40)32(43)44;/h8-9,16,18-19,21-22H,3-7,10-15,17,20H2,1-2H3,(H,43,44);1H4/t21-;/m1./s1. The van der Waals surface area contributed by atoms with Crippen molar-refractivity contribution in [3.63, 3.8) is 0 Å². The predicted molar refractivity (Wildman–Crippen MR) is 176 cm³/mol. The highest BCUT2D eigenvalue weighted by atomic mass is 32.1. The van der Waals surface area contributed by atoms with Crippen LogP contribution in [-0.4, -0.2) is 69.0 Å². The Hall–Kier alpha value is -3.58. The number of halogens is 3. The number of aromatic nitrogens is 3. The first kappa shape index (κ1) is 36.3. The van der Waals surface area contributed by atoms with Crippen LogP contribution in [0.2, 0.25) is 0 Å². The zero-order valence-electron chi connectivity index (χ0n) is 26.2. The number of aliphatic carboxylic acids is 1. The number of rotatable bonds is 12. The van der Waals surface area contributed by atoms with Crippen molar-refractivity contribution in [2.45, 2.75) is 91.4 Å². The summed E-state index contributed by atoms with van der Waals surface area (Å²) in [6, 6.07) is 4.42. The summed E-state index contributed by atoms with van der Waals surface area (Å²) >= 11 is 1.35. The molecule has 0 saturated carbocycles. The number of carboxylic acid groups (broad SMARTS) is 1. The molecule has 256 valence electrons. The number of carbonyl (C=O) groups excluding carboxylic acids is 1. The van der Waals surface area contributed by atoms with Gasteiger partial charge >= 0.3 is 12.1 Å². The molecule has 0 spiro atoms. The minimum atomic E-state index is -4.61. The van der Waals surface area contributed by atoms with E-state index in [0.717, 1.165) is 43.2 Å². The van der Waals surface area contributed by atoms with E-state index in [1.54, 1.807) is 6.07 Å². The third-order valence-corrected chi connectivity index (χ3v) is 9.79. The molecular formula is C34H44F3N5O4S. The van der Waals surface area contributed by atoms with Gasteiger partial charge in [-0.2, -0.15) is 13.2 Å². The van der Waals surface area contributed by atoms with Crippen molar-refractivity contribution >= 4 is 28.9 Å². The van der Waals surface area contributed by atoms with E-state index in [2.05, 4.69) is 21.8 Å². The molecule has 2 aliphatic heterocycles. The molecule has 2 aromatic heterocycles. The number of carboxylic acids is 1. The van der Waals surface area contributed by atoms with E-state index in [0.29, 0.717) is 67.0 Å². The second kappa shape index (κ2) is 16.0. The lowest BCUT2D eigenvalue weighted by molar-refractivity contribution is -0.142. The van der Waals surface area contributed by atoms with E-state index in [1.807, 2.05) is 11.8 Å². The first-order chi connectivity index (χ1) is 22.0. The van der Waals surface area contributed by atoms with Crippen LogP contribution >= 0.6 is 11.3 Å². The number of benzene rings is 1. The van der Waals surface area contributed by atoms with Gasteiger partial charge in [-0.1, -0.05) is 27.2 Å². The van der Waals surface area contributed by atoms with Crippen LogP contribution in [0.25, 0.3) is 11.3 Å². The largest absolute Gasteiger partial charge is 0.493 e. The Balaban J connectivity index is 0.00000500. The minimum absolute atomic E-state index is 0. The van der Waals surface area contributed by atoms with Gasteiger partial charge in [0, 0.05) is 36.1 Å². The maximum absolute atomic E-state index is 14.1. The molecule has 0 amide bonds. The van der Waals surface area contributed by atoms with Gasteiger partial charge in [-0.3, -0.25) is 14.5 Å². The van der Waals surface area contributed by atoms with E-state index >= 15 is 0 Å². The van der Waals surface area contributed by atoms with Crippen LogP contribution in [0.4, 0.5) is 19.0 Å². The molecule has 2 saturated heterocycles. The third kappa shape index (κ3) is 9.07. The minimum Gasteiger partial charge on any atom is -0.493 e. The number of unbranched alkanes of at least 4 members (excludes halogenated alkanes) is 1. The van der Waals surface area contributed by atoms with E-state index in [4.69, 9.17) is 9.72 Å². The lowest BCUT2D eigenvalue weighted by atomic mass is 9.97. The average Bonchev–Trinajstić information content (AvgIpc) is 3.43. The van der Waals surface area contributed by atoms with Crippen LogP contribution in [-0.2, 0) is 23.9 Å². The average molecular weight is 676 g/mol. The molecule has 13 heteroatoms. The molecule has 0 radical (unpaired) electrons. The van der Waals surface area contributed by atoms with Gasteiger partial charge in [0.1, 0.15) is 22.3 Å². The van der Waals surface area contributed by atoms with Crippen molar-refractivity contribution < 1.29 is 32.6 Å². The number of ketones is 1. The summed E-state index contributed by atoms with van der Waals surface area (Å²) in [5, 5.41) is 9.74. The number of alkyl halides is 3. The summed E-state index contributed by atoms with van der Waals surface area (Å²) in [6.45, 7) is 6.82. The number of hydrogen-bond acceptors (Lipinski definition) is 9. The number of ether oxygens (including phenoxy) is 1. The van der Waals surface area contributed by atoms with Crippen LogP contribution in [0.15, 0.2) is 30.6 Å². The number of nitrogens with zero attached hydrogens (tertiary/aromatic N) is 5. The molecule has 0 aliphatic carbocycles. The van der Waals surface area contributed by atoms with Gasteiger partial charge in [-0.25, -0.2) is 15.0 Å². The van der Waals surface area contributed by atoms with Crippen molar-refractivity contribution in [3.8, 4) is 17.0 Å². The SMILES string of the molecule is C.CCCCOc1ccc(-c2nc(CC(=O)c3cnc(N4CCC(C(=O)O)CC4)cn3)sc2CN2CCCC[C@H]2C)cc1C(F)(F)F. The number of hydrogen-bond donors (Lipinski definition) is 1. The fourth-order valence-corrected chi connectivity index (χ4v) is 7.06. The van der Waals surface area contributed by atoms with Crippen molar-refractivity contribution in [1.29, 1.82) is 0 Å². The Bertz CT molecular complexity index is 1510. The molecule has 9 nitrogen and oxygen atoms in total. The van der Waals surface area contributed by atoms with Gasteiger partial charge in [0.25, 0.3) is 0 Å². The molecule has 47 heavy (non-hydrogen) atoms. The number of piperidine rings is 2. The Morgan fingerprint density at radius 1 is 1.09 bits per heavy atom.